The summed E-state index contributed by atoms with van der Waals surface area (Å²) in [6.45, 7) is 6.82. The van der Waals surface area contributed by atoms with Crippen LogP contribution in [-0.4, -0.2) is 44.0 Å². The van der Waals surface area contributed by atoms with E-state index in [-0.39, 0.29) is 11.0 Å². The van der Waals surface area contributed by atoms with E-state index >= 15 is 0 Å². The lowest BCUT2D eigenvalue weighted by molar-refractivity contribution is 0.135. The molecule has 0 amide bonds. The van der Waals surface area contributed by atoms with Crippen molar-refractivity contribution in [2.24, 2.45) is 0 Å². The molecule has 3 aromatic rings. The quantitative estimate of drug-likeness (QED) is 0.579. The van der Waals surface area contributed by atoms with Crippen molar-refractivity contribution < 1.29 is 17.9 Å². The van der Waals surface area contributed by atoms with Crippen LogP contribution < -0.4 is 9.47 Å². The molecule has 0 N–H and O–H groups in total. The fourth-order valence-electron chi connectivity index (χ4n) is 3.75. The Labute approximate surface area is 181 Å². The SMILES string of the molecule is COc1ccc(C)cc1S(=O)(=O)N1CCC(Oc2nc3c(C)ccc(C)c3s2)CC1. The van der Waals surface area contributed by atoms with Gasteiger partial charge in [0.25, 0.3) is 5.19 Å². The van der Waals surface area contributed by atoms with Crippen molar-refractivity contribution in [1.29, 1.82) is 0 Å². The van der Waals surface area contributed by atoms with Crippen LogP contribution in [0.2, 0.25) is 0 Å². The molecule has 0 radical (unpaired) electrons. The second-order valence-corrected chi connectivity index (χ2v) is 10.6. The van der Waals surface area contributed by atoms with Crippen molar-refractivity contribution in [3.05, 3.63) is 47.0 Å². The third kappa shape index (κ3) is 3.91. The Kier molecular flexibility index (Phi) is 5.74. The third-order valence-corrected chi connectivity index (χ3v) is 8.53. The van der Waals surface area contributed by atoms with E-state index in [1.165, 1.54) is 17.0 Å². The maximum Gasteiger partial charge on any atom is 0.274 e. The number of hydrogen-bond acceptors (Lipinski definition) is 6. The van der Waals surface area contributed by atoms with Gasteiger partial charge < -0.3 is 9.47 Å². The molecule has 0 spiro atoms. The zero-order chi connectivity index (χ0) is 21.5. The van der Waals surface area contributed by atoms with E-state index in [0.717, 1.165) is 21.3 Å². The molecule has 1 aliphatic heterocycles. The monoisotopic (exact) mass is 446 g/mol. The number of aromatic nitrogens is 1. The number of fused-ring (bicyclic) bond motifs is 1. The molecule has 6 nitrogen and oxygen atoms in total. The first-order chi connectivity index (χ1) is 14.3. The summed E-state index contributed by atoms with van der Waals surface area (Å²) >= 11 is 1.56. The topological polar surface area (TPSA) is 68.7 Å². The molecule has 2 aromatic carbocycles. The van der Waals surface area contributed by atoms with Gasteiger partial charge in [0, 0.05) is 13.1 Å². The fraction of sp³-hybridized carbons (Fsp3) is 0.409. The van der Waals surface area contributed by atoms with Gasteiger partial charge in [0.2, 0.25) is 10.0 Å². The van der Waals surface area contributed by atoms with E-state index < -0.39 is 10.0 Å². The Balaban J connectivity index is 1.47. The highest BCUT2D eigenvalue weighted by molar-refractivity contribution is 7.89. The van der Waals surface area contributed by atoms with E-state index in [4.69, 9.17) is 9.47 Å². The van der Waals surface area contributed by atoms with Crippen LogP contribution in [0.5, 0.6) is 10.9 Å². The predicted molar refractivity (Wildman–Crippen MR) is 119 cm³/mol. The second kappa shape index (κ2) is 8.17. The van der Waals surface area contributed by atoms with Gasteiger partial charge in [-0.1, -0.05) is 29.5 Å². The minimum absolute atomic E-state index is 0.0444. The summed E-state index contributed by atoms with van der Waals surface area (Å²) in [5, 5.41) is 0.657. The number of sulfonamides is 1. The van der Waals surface area contributed by atoms with Crippen molar-refractivity contribution in [2.75, 3.05) is 20.2 Å². The van der Waals surface area contributed by atoms with Crippen LogP contribution in [0.3, 0.4) is 0 Å². The number of nitrogens with zero attached hydrogens (tertiary/aromatic N) is 2. The van der Waals surface area contributed by atoms with E-state index in [2.05, 4.69) is 24.0 Å². The van der Waals surface area contributed by atoms with Crippen LogP contribution in [0.25, 0.3) is 10.2 Å². The highest BCUT2D eigenvalue weighted by atomic mass is 32.2. The Morgan fingerprint density at radius 2 is 1.77 bits per heavy atom. The number of aryl methyl sites for hydroxylation is 3. The molecule has 8 heteroatoms. The summed E-state index contributed by atoms with van der Waals surface area (Å²) < 4.78 is 40.4. The highest BCUT2D eigenvalue weighted by Crippen LogP contribution is 2.34. The Morgan fingerprint density at radius 1 is 1.07 bits per heavy atom. The zero-order valence-corrected chi connectivity index (χ0v) is 19.3. The first-order valence-corrected chi connectivity index (χ1v) is 12.2. The summed E-state index contributed by atoms with van der Waals surface area (Å²) in [7, 11) is -2.12. The summed E-state index contributed by atoms with van der Waals surface area (Å²) in [4.78, 5) is 4.89. The van der Waals surface area contributed by atoms with E-state index in [0.29, 0.717) is 36.9 Å². The lowest BCUT2D eigenvalue weighted by atomic mass is 10.1. The molecule has 1 aliphatic rings. The Bertz CT molecular complexity index is 1140. The Morgan fingerprint density at radius 3 is 2.43 bits per heavy atom. The summed E-state index contributed by atoms with van der Waals surface area (Å²) in [5.41, 5.74) is 4.20. The van der Waals surface area contributed by atoms with Crippen molar-refractivity contribution in [3.63, 3.8) is 0 Å². The number of thiazole rings is 1. The largest absolute Gasteiger partial charge is 0.495 e. The van der Waals surface area contributed by atoms with Gasteiger partial charge in [-0.2, -0.15) is 4.31 Å². The van der Waals surface area contributed by atoms with E-state index in [9.17, 15) is 8.42 Å². The number of piperidine rings is 1. The van der Waals surface area contributed by atoms with Gasteiger partial charge >= 0.3 is 0 Å². The molecule has 1 aromatic heterocycles. The van der Waals surface area contributed by atoms with Gasteiger partial charge in [0.1, 0.15) is 16.7 Å². The van der Waals surface area contributed by atoms with Crippen LogP contribution in [-0.2, 0) is 10.0 Å². The second-order valence-electron chi connectivity index (χ2n) is 7.73. The van der Waals surface area contributed by atoms with Gasteiger partial charge in [-0.3, -0.25) is 0 Å². The minimum atomic E-state index is -3.62. The van der Waals surface area contributed by atoms with Gasteiger partial charge in [-0.25, -0.2) is 13.4 Å². The number of ether oxygens (including phenoxy) is 2. The normalized spacial score (nSPS) is 16.1. The number of hydrogen-bond donors (Lipinski definition) is 0. The predicted octanol–water partition coefficient (Wildman–Crippen LogP) is 4.46. The molecule has 160 valence electrons. The summed E-state index contributed by atoms with van der Waals surface area (Å²) in [5.74, 6) is 0.374. The van der Waals surface area contributed by atoms with Crippen molar-refractivity contribution in [1.82, 2.24) is 9.29 Å². The Hall–Kier alpha value is -2.16. The van der Waals surface area contributed by atoms with Crippen LogP contribution in [0, 0.1) is 20.8 Å². The van der Waals surface area contributed by atoms with Gasteiger partial charge in [-0.05, 0) is 62.4 Å². The molecular weight excluding hydrogens is 420 g/mol. The van der Waals surface area contributed by atoms with Crippen LogP contribution in [0.1, 0.15) is 29.5 Å². The van der Waals surface area contributed by atoms with Crippen molar-refractivity contribution in [3.8, 4) is 10.9 Å². The summed E-state index contributed by atoms with van der Waals surface area (Å²) in [6, 6.07) is 9.39. The van der Waals surface area contributed by atoms with Gasteiger partial charge in [0.15, 0.2) is 0 Å². The summed E-state index contributed by atoms with van der Waals surface area (Å²) in [6.07, 6.45) is 1.21. The lowest BCUT2D eigenvalue weighted by Crippen LogP contribution is -2.41. The van der Waals surface area contributed by atoms with Crippen LogP contribution >= 0.6 is 11.3 Å². The first kappa shape index (κ1) is 21.1. The third-order valence-electron chi connectivity index (χ3n) is 5.53. The van der Waals surface area contributed by atoms with Gasteiger partial charge in [-0.15, -0.1) is 0 Å². The number of benzene rings is 2. The smallest absolute Gasteiger partial charge is 0.274 e. The van der Waals surface area contributed by atoms with Crippen molar-refractivity contribution >= 4 is 31.6 Å². The molecular formula is C22H26N2O4S2. The standard InChI is InChI=1S/C22H26N2O4S2/c1-14-5-8-18(27-4)19(13-14)30(25,26)24-11-9-17(10-12-24)28-22-23-20-15(2)6-7-16(3)21(20)29-22/h5-8,13,17H,9-12H2,1-4H3. The van der Waals surface area contributed by atoms with E-state index in [1.807, 2.05) is 19.9 Å². The number of rotatable bonds is 5. The maximum absolute atomic E-state index is 13.2. The molecule has 0 atom stereocenters. The minimum Gasteiger partial charge on any atom is -0.495 e. The first-order valence-electron chi connectivity index (χ1n) is 9.98. The lowest BCUT2D eigenvalue weighted by Gasteiger charge is -2.31. The van der Waals surface area contributed by atoms with Gasteiger partial charge in [0.05, 0.1) is 17.3 Å². The average molecular weight is 447 g/mol. The van der Waals surface area contributed by atoms with Crippen molar-refractivity contribution in [2.45, 2.75) is 44.6 Å². The fourth-order valence-corrected chi connectivity index (χ4v) is 6.49. The van der Waals surface area contributed by atoms with Crippen LogP contribution in [0.15, 0.2) is 35.2 Å². The molecule has 0 unspecified atom stereocenters. The average Bonchev–Trinajstić information content (AvgIpc) is 3.16. The molecule has 1 fully saturated rings. The molecule has 30 heavy (non-hydrogen) atoms. The molecule has 0 bridgehead atoms. The van der Waals surface area contributed by atoms with E-state index in [1.54, 1.807) is 23.5 Å². The molecule has 1 saturated heterocycles. The molecule has 4 rings (SSSR count). The number of methoxy groups -OCH3 is 1. The molecule has 0 saturated carbocycles. The highest BCUT2D eigenvalue weighted by Gasteiger charge is 2.32. The van der Waals surface area contributed by atoms with Crippen LogP contribution in [0.4, 0.5) is 0 Å². The molecule has 0 aliphatic carbocycles. The molecule has 2 heterocycles. The maximum atomic E-state index is 13.2. The zero-order valence-electron chi connectivity index (χ0n) is 17.6.